The summed E-state index contributed by atoms with van der Waals surface area (Å²) in [5.41, 5.74) is 8.06. The number of benzene rings is 2. The molecule has 2 aromatic carbocycles. The maximum atomic E-state index is 4.67. The van der Waals surface area contributed by atoms with E-state index < -0.39 is 0 Å². The molecule has 0 fully saturated rings. The summed E-state index contributed by atoms with van der Waals surface area (Å²) in [6, 6.07) is 12.7. The van der Waals surface area contributed by atoms with Crippen LogP contribution < -0.4 is 5.32 Å². The first-order valence-electron chi connectivity index (χ1n) is 11.1. The van der Waals surface area contributed by atoms with Crippen molar-refractivity contribution in [2.75, 3.05) is 5.32 Å². The molecule has 0 saturated heterocycles. The monoisotopic (exact) mass is 448 g/mol. The second kappa shape index (κ2) is 7.84. The molecule has 8 heteroatoms. The molecular formula is C26H24N8. The minimum atomic E-state index is -0.126. The van der Waals surface area contributed by atoms with Gasteiger partial charge in [0.1, 0.15) is 0 Å². The third-order valence-electron chi connectivity index (χ3n) is 6.29. The maximum absolute atomic E-state index is 4.67. The van der Waals surface area contributed by atoms with Crippen molar-refractivity contribution in [1.29, 1.82) is 0 Å². The Bertz CT molecular complexity index is 1640. The van der Waals surface area contributed by atoms with E-state index in [9.17, 15) is 0 Å². The van der Waals surface area contributed by atoms with Crippen molar-refractivity contribution in [1.82, 2.24) is 33.9 Å². The van der Waals surface area contributed by atoms with Gasteiger partial charge in [-0.25, -0.2) is 4.98 Å². The number of aromatic nitrogens is 7. The first-order chi connectivity index (χ1) is 16.6. The summed E-state index contributed by atoms with van der Waals surface area (Å²) in [5, 5.41) is 9.31. The average molecular weight is 449 g/mol. The summed E-state index contributed by atoms with van der Waals surface area (Å²) in [6.45, 7) is 0. The van der Waals surface area contributed by atoms with Crippen molar-refractivity contribution in [2.24, 2.45) is 21.1 Å². The van der Waals surface area contributed by atoms with Crippen molar-refractivity contribution >= 4 is 27.6 Å². The fraction of sp³-hybridized carbons (Fsp3) is 0.154. The van der Waals surface area contributed by atoms with Gasteiger partial charge in [0.2, 0.25) is 0 Å². The SMILES string of the molecule is Cn1cc(C(Nc2cc(-c3ccc4ccn(C)c4c3)c3nccnc3c2)c2cncn2C)cn1. The van der Waals surface area contributed by atoms with Crippen LogP contribution in [-0.2, 0) is 21.1 Å². The van der Waals surface area contributed by atoms with E-state index in [2.05, 4.69) is 73.5 Å². The van der Waals surface area contributed by atoms with E-state index in [0.717, 1.165) is 39.1 Å². The second-order valence-corrected chi connectivity index (χ2v) is 8.60. The van der Waals surface area contributed by atoms with Gasteiger partial charge in [-0.1, -0.05) is 12.1 Å². The molecule has 0 aliphatic rings. The Balaban J connectivity index is 1.50. The fourth-order valence-electron chi connectivity index (χ4n) is 4.54. The molecule has 0 amide bonds. The van der Waals surface area contributed by atoms with Crippen molar-refractivity contribution < 1.29 is 0 Å². The van der Waals surface area contributed by atoms with Gasteiger partial charge < -0.3 is 14.5 Å². The van der Waals surface area contributed by atoms with Crippen LogP contribution in [0.15, 0.2) is 79.9 Å². The number of aryl methyl sites for hydroxylation is 3. The van der Waals surface area contributed by atoms with Crippen molar-refractivity contribution in [3.05, 3.63) is 91.2 Å². The van der Waals surface area contributed by atoms with Crippen LogP contribution in [0.3, 0.4) is 0 Å². The molecule has 0 aliphatic carbocycles. The number of hydrogen-bond donors (Lipinski definition) is 1. The molecule has 0 aliphatic heterocycles. The Morgan fingerprint density at radius 2 is 1.79 bits per heavy atom. The lowest BCUT2D eigenvalue weighted by atomic mass is 10.0. The highest BCUT2D eigenvalue weighted by Crippen LogP contribution is 2.34. The number of nitrogens with one attached hydrogen (secondary N) is 1. The van der Waals surface area contributed by atoms with Crippen LogP contribution in [0.25, 0.3) is 33.1 Å². The van der Waals surface area contributed by atoms with Crippen LogP contribution in [0.5, 0.6) is 0 Å². The molecule has 8 nitrogen and oxygen atoms in total. The van der Waals surface area contributed by atoms with E-state index in [1.165, 1.54) is 10.9 Å². The molecule has 1 unspecified atom stereocenters. The van der Waals surface area contributed by atoms with E-state index in [1.54, 1.807) is 12.4 Å². The normalized spacial score (nSPS) is 12.4. The number of imidazole rings is 1. The van der Waals surface area contributed by atoms with E-state index in [-0.39, 0.29) is 6.04 Å². The molecule has 6 aromatic rings. The minimum absolute atomic E-state index is 0.126. The number of hydrogen-bond acceptors (Lipinski definition) is 5. The highest BCUT2D eigenvalue weighted by atomic mass is 15.2. The predicted octanol–water partition coefficient (Wildman–Crippen LogP) is 4.46. The molecule has 1 N–H and O–H groups in total. The zero-order chi connectivity index (χ0) is 23.2. The molecule has 6 rings (SSSR count). The largest absolute Gasteiger partial charge is 0.373 e. The van der Waals surface area contributed by atoms with Gasteiger partial charge in [-0.15, -0.1) is 0 Å². The van der Waals surface area contributed by atoms with Gasteiger partial charge in [-0.05, 0) is 35.2 Å². The van der Waals surface area contributed by atoms with Crippen LogP contribution >= 0.6 is 0 Å². The topological polar surface area (TPSA) is 78.4 Å². The van der Waals surface area contributed by atoms with Gasteiger partial charge in [0.15, 0.2) is 0 Å². The van der Waals surface area contributed by atoms with Crippen molar-refractivity contribution in [3.63, 3.8) is 0 Å². The van der Waals surface area contributed by atoms with Crippen LogP contribution in [0.1, 0.15) is 17.3 Å². The average Bonchev–Trinajstić information content (AvgIpc) is 3.57. The third-order valence-corrected chi connectivity index (χ3v) is 6.29. The standard InChI is InChI=1S/C26H24N8/c1-32-9-6-17-4-5-18(10-23(17)32)21-11-20(12-22-26(21)29-8-7-28-22)31-25(19-13-30-34(3)15-19)24-14-27-16-33(24)2/h4-16,25,31H,1-3H3. The van der Waals surface area contributed by atoms with Crippen molar-refractivity contribution in [2.45, 2.75) is 6.04 Å². The molecule has 0 radical (unpaired) electrons. The summed E-state index contributed by atoms with van der Waals surface area (Å²) in [4.78, 5) is 13.6. The first kappa shape index (κ1) is 20.2. The Morgan fingerprint density at radius 3 is 2.59 bits per heavy atom. The minimum Gasteiger partial charge on any atom is -0.373 e. The number of anilines is 1. The Labute approximate surface area is 196 Å². The predicted molar refractivity (Wildman–Crippen MR) is 133 cm³/mol. The summed E-state index contributed by atoms with van der Waals surface area (Å²) >= 11 is 0. The molecule has 4 heterocycles. The zero-order valence-electron chi connectivity index (χ0n) is 19.2. The molecule has 34 heavy (non-hydrogen) atoms. The number of fused-ring (bicyclic) bond motifs is 2. The Morgan fingerprint density at radius 1 is 0.912 bits per heavy atom. The lowest BCUT2D eigenvalue weighted by molar-refractivity contribution is 0.759. The molecular weight excluding hydrogens is 424 g/mol. The highest BCUT2D eigenvalue weighted by molar-refractivity contribution is 5.97. The molecule has 1 atom stereocenters. The summed E-state index contributed by atoms with van der Waals surface area (Å²) in [6.07, 6.45) is 13.2. The van der Waals surface area contributed by atoms with Crippen LogP contribution in [-0.4, -0.2) is 33.9 Å². The molecule has 0 bridgehead atoms. The fourth-order valence-corrected chi connectivity index (χ4v) is 4.54. The Kier molecular flexibility index (Phi) is 4.65. The zero-order valence-corrected chi connectivity index (χ0v) is 19.2. The van der Waals surface area contributed by atoms with E-state index in [1.807, 2.05) is 54.3 Å². The molecule has 168 valence electrons. The van der Waals surface area contributed by atoms with Crippen LogP contribution in [0.4, 0.5) is 5.69 Å². The Hall–Kier alpha value is -4.46. The van der Waals surface area contributed by atoms with E-state index in [4.69, 9.17) is 0 Å². The van der Waals surface area contributed by atoms with Gasteiger partial charge in [0, 0.05) is 68.3 Å². The van der Waals surface area contributed by atoms with Crippen LogP contribution in [0, 0.1) is 0 Å². The van der Waals surface area contributed by atoms with Gasteiger partial charge in [-0.2, -0.15) is 5.10 Å². The quantitative estimate of drug-likeness (QED) is 0.421. The highest BCUT2D eigenvalue weighted by Gasteiger charge is 2.20. The van der Waals surface area contributed by atoms with Gasteiger partial charge in [0.05, 0.1) is 41.5 Å². The molecule has 0 spiro atoms. The lowest BCUT2D eigenvalue weighted by Gasteiger charge is -2.20. The van der Waals surface area contributed by atoms with Gasteiger partial charge in [-0.3, -0.25) is 14.6 Å². The lowest BCUT2D eigenvalue weighted by Crippen LogP contribution is -2.15. The summed E-state index contributed by atoms with van der Waals surface area (Å²) in [7, 11) is 5.99. The van der Waals surface area contributed by atoms with E-state index in [0.29, 0.717) is 0 Å². The smallest absolute Gasteiger partial charge is 0.0966 e. The van der Waals surface area contributed by atoms with Gasteiger partial charge >= 0.3 is 0 Å². The van der Waals surface area contributed by atoms with Crippen molar-refractivity contribution in [3.8, 4) is 11.1 Å². The number of rotatable bonds is 5. The first-order valence-corrected chi connectivity index (χ1v) is 11.1. The maximum Gasteiger partial charge on any atom is 0.0966 e. The summed E-state index contributed by atoms with van der Waals surface area (Å²) in [5.74, 6) is 0. The number of nitrogens with zero attached hydrogens (tertiary/aromatic N) is 7. The van der Waals surface area contributed by atoms with E-state index >= 15 is 0 Å². The molecule has 0 saturated carbocycles. The van der Waals surface area contributed by atoms with Gasteiger partial charge in [0.25, 0.3) is 0 Å². The third kappa shape index (κ3) is 3.40. The molecule has 4 aromatic heterocycles. The van der Waals surface area contributed by atoms with Crippen LogP contribution in [0.2, 0.25) is 0 Å². The second-order valence-electron chi connectivity index (χ2n) is 8.60. The summed E-state index contributed by atoms with van der Waals surface area (Å²) < 4.78 is 5.97.